The van der Waals surface area contributed by atoms with Crippen LogP contribution in [0.15, 0.2) is 28.7 Å². The highest BCUT2D eigenvalue weighted by atomic mass is 79.9. The minimum absolute atomic E-state index is 0.206. The molecule has 0 bridgehead atoms. The highest BCUT2D eigenvalue weighted by Gasteiger charge is 2.23. The molecule has 1 amide bonds. The van der Waals surface area contributed by atoms with Crippen LogP contribution >= 0.6 is 15.9 Å². The number of rotatable bonds is 2. The monoisotopic (exact) mass is 264 g/mol. The van der Waals surface area contributed by atoms with Crippen LogP contribution in [0.4, 0.5) is 14.5 Å². The number of amides is 1. The average Bonchev–Trinajstić information content (AvgIpc) is 2.16. The number of hydrogen-bond acceptors (Lipinski definition) is 2. The summed E-state index contributed by atoms with van der Waals surface area (Å²) >= 11 is 3.10. The second-order valence-corrected chi connectivity index (χ2v) is 3.31. The van der Waals surface area contributed by atoms with Crippen molar-refractivity contribution >= 4 is 27.5 Å². The van der Waals surface area contributed by atoms with E-state index in [0.717, 1.165) is 0 Å². The summed E-state index contributed by atoms with van der Waals surface area (Å²) < 4.78 is 24.5. The van der Waals surface area contributed by atoms with Crippen molar-refractivity contribution in [2.45, 2.75) is 6.43 Å². The van der Waals surface area contributed by atoms with E-state index in [-0.39, 0.29) is 5.69 Å². The van der Waals surface area contributed by atoms with Crippen LogP contribution < -0.4 is 10.9 Å². The fourth-order valence-corrected chi connectivity index (χ4v) is 1.35. The van der Waals surface area contributed by atoms with Crippen LogP contribution in [0, 0.1) is 0 Å². The van der Waals surface area contributed by atoms with E-state index in [0.29, 0.717) is 9.48 Å². The Morgan fingerprint density at radius 3 is 2.50 bits per heavy atom. The number of carbonyl (C=O) groups excluding carboxylic acids is 1. The first kappa shape index (κ1) is 11.1. The molecule has 0 saturated heterocycles. The van der Waals surface area contributed by atoms with E-state index in [1.807, 2.05) is 0 Å². The molecule has 0 fully saturated rings. The average molecular weight is 265 g/mol. The van der Waals surface area contributed by atoms with Crippen LogP contribution in [0.25, 0.3) is 0 Å². The van der Waals surface area contributed by atoms with E-state index in [4.69, 9.17) is 5.84 Å². The zero-order chi connectivity index (χ0) is 10.7. The Hall–Kier alpha value is -1.01. The van der Waals surface area contributed by atoms with Crippen LogP contribution in [0.5, 0.6) is 0 Å². The summed E-state index contributed by atoms with van der Waals surface area (Å²) in [5, 5.41) is 0.425. The Bertz CT molecular complexity index is 346. The summed E-state index contributed by atoms with van der Waals surface area (Å²) in [6, 6.07) is 6.35. The molecular formula is C8H7BrF2N2O. The third-order valence-electron chi connectivity index (χ3n) is 1.54. The van der Waals surface area contributed by atoms with Gasteiger partial charge in [0.2, 0.25) is 0 Å². The first-order valence-corrected chi connectivity index (χ1v) is 4.44. The van der Waals surface area contributed by atoms with Gasteiger partial charge in [-0.15, -0.1) is 0 Å². The number of hydrogen-bond donors (Lipinski definition) is 1. The highest BCUT2D eigenvalue weighted by molar-refractivity contribution is 9.10. The lowest BCUT2D eigenvalue weighted by Gasteiger charge is -2.17. The fourth-order valence-electron chi connectivity index (χ4n) is 0.871. The Morgan fingerprint density at radius 2 is 2.00 bits per heavy atom. The van der Waals surface area contributed by atoms with Crippen molar-refractivity contribution in [1.29, 1.82) is 0 Å². The second-order valence-electron chi connectivity index (χ2n) is 2.46. The van der Waals surface area contributed by atoms with Crippen LogP contribution in [0.2, 0.25) is 0 Å². The first-order chi connectivity index (χ1) is 6.54. The van der Waals surface area contributed by atoms with E-state index in [1.165, 1.54) is 6.07 Å². The van der Waals surface area contributed by atoms with Gasteiger partial charge in [-0.05, 0) is 28.1 Å². The number of anilines is 1. The molecule has 1 aromatic carbocycles. The van der Waals surface area contributed by atoms with Gasteiger partial charge in [-0.25, -0.2) is 10.9 Å². The van der Waals surface area contributed by atoms with Crippen LogP contribution in [0.1, 0.15) is 0 Å². The highest BCUT2D eigenvalue weighted by Crippen LogP contribution is 2.24. The van der Waals surface area contributed by atoms with Gasteiger partial charge in [-0.2, -0.15) is 8.78 Å². The van der Waals surface area contributed by atoms with Gasteiger partial charge in [-0.1, -0.05) is 12.1 Å². The largest absolute Gasteiger partial charge is 0.317 e. The SMILES string of the molecule is NN(C(=O)C(F)F)c1ccccc1Br. The summed E-state index contributed by atoms with van der Waals surface area (Å²) in [4.78, 5) is 10.8. The standard InChI is InChI=1S/C8H7BrF2N2O/c9-5-3-1-2-4-6(5)13(12)8(14)7(10)11/h1-4,7H,12H2. The molecule has 0 aliphatic heterocycles. The molecule has 0 unspecified atom stereocenters. The minimum Gasteiger partial charge on any atom is -0.266 e. The lowest BCUT2D eigenvalue weighted by molar-refractivity contribution is -0.129. The normalized spacial score (nSPS) is 10.4. The van der Waals surface area contributed by atoms with Crippen molar-refractivity contribution < 1.29 is 13.6 Å². The number of alkyl halides is 2. The summed E-state index contributed by atoms with van der Waals surface area (Å²) in [5.41, 5.74) is 0.206. The lowest BCUT2D eigenvalue weighted by atomic mass is 10.3. The van der Waals surface area contributed by atoms with E-state index in [2.05, 4.69) is 15.9 Å². The topological polar surface area (TPSA) is 46.3 Å². The minimum atomic E-state index is -3.10. The van der Waals surface area contributed by atoms with Gasteiger partial charge in [0, 0.05) is 4.47 Å². The lowest BCUT2D eigenvalue weighted by Crippen LogP contribution is -2.41. The van der Waals surface area contributed by atoms with Crippen molar-refractivity contribution in [3.8, 4) is 0 Å². The van der Waals surface area contributed by atoms with Crippen molar-refractivity contribution in [2.75, 3.05) is 5.01 Å². The summed E-state index contributed by atoms with van der Waals surface area (Å²) in [7, 11) is 0. The molecule has 0 atom stereocenters. The van der Waals surface area contributed by atoms with Gasteiger partial charge in [0.1, 0.15) is 0 Å². The summed E-state index contributed by atoms with van der Waals surface area (Å²) in [5.74, 6) is 3.78. The molecule has 0 radical (unpaired) electrons. The zero-order valence-corrected chi connectivity index (χ0v) is 8.54. The van der Waals surface area contributed by atoms with Gasteiger partial charge >= 0.3 is 12.3 Å². The predicted molar refractivity (Wildman–Crippen MR) is 51.8 cm³/mol. The van der Waals surface area contributed by atoms with E-state index < -0.39 is 12.3 Å². The third-order valence-corrected chi connectivity index (χ3v) is 2.21. The quantitative estimate of drug-likeness (QED) is 0.504. The van der Waals surface area contributed by atoms with E-state index in [9.17, 15) is 13.6 Å². The maximum atomic E-state index is 12.0. The van der Waals surface area contributed by atoms with E-state index >= 15 is 0 Å². The molecule has 0 heterocycles. The number of nitrogens with two attached hydrogens (primary N) is 1. The number of para-hydroxylation sites is 1. The molecule has 76 valence electrons. The van der Waals surface area contributed by atoms with Crippen molar-refractivity contribution in [2.24, 2.45) is 5.84 Å². The van der Waals surface area contributed by atoms with Gasteiger partial charge < -0.3 is 0 Å². The van der Waals surface area contributed by atoms with Crippen molar-refractivity contribution in [3.63, 3.8) is 0 Å². The summed E-state index contributed by atoms with van der Waals surface area (Å²) in [6.07, 6.45) is -3.10. The van der Waals surface area contributed by atoms with Gasteiger partial charge in [0.05, 0.1) is 5.69 Å². The number of nitrogens with zero attached hydrogens (tertiary/aromatic N) is 1. The number of benzene rings is 1. The number of hydrazine groups is 1. The molecule has 0 aliphatic rings. The first-order valence-electron chi connectivity index (χ1n) is 3.65. The number of carbonyl (C=O) groups is 1. The van der Waals surface area contributed by atoms with Crippen LogP contribution in [-0.2, 0) is 4.79 Å². The zero-order valence-electron chi connectivity index (χ0n) is 6.95. The second kappa shape index (κ2) is 4.47. The molecule has 1 aromatic rings. The molecule has 2 N–H and O–H groups in total. The Kier molecular flexibility index (Phi) is 3.54. The van der Waals surface area contributed by atoms with Crippen LogP contribution in [-0.4, -0.2) is 12.3 Å². The van der Waals surface area contributed by atoms with Gasteiger partial charge in [0.25, 0.3) is 0 Å². The molecule has 3 nitrogen and oxygen atoms in total. The van der Waals surface area contributed by atoms with Crippen molar-refractivity contribution in [3.05, 3.63) is 28.7 Å². The smallest absolute Gasteiger partial charge is 0.266 e. The molecule has 6 heteroatoms. The maximum absolute atomic E-state index is 12.0. The number of halogens is 3. The molecule has 0 spiro atoms. The Labute approximate surface area is 87.6 Å². The molecule has 0 aromatic heterocycles. The van der Waals surface area contributed by atoms with Crippen LogP contribution in [0.3, 0.4) is 0 Å². The Balaban J connectivity index is 2.95. The predicted octanol–water partition coefficient (Wildman–Crippen LogP) is 1.92. The van der Waals surface area contributed by atoms with E-state index in [1.54, 1.807) is 18.2 Å². The third kappa shape index (κ3) is 2.27. The molecule has 14 heavy (non-hydrogen) atoms. The Morgan fingerprint density at radius 1 is 1.43 bits per heavy atom. The van der Waals surface area contributed by atoms with Crippen molar-refractivity contribution in [1.82, 2.24) is 0 Å². The van der Waals surface area contributed by atoms with Gasteiger partial charge in [0.15, 0.2) is 0 Å². The van der Waals surface area contributed by atoms with Gasteiger partial charge in [-0.3, -0.25) is 4.79 Å². The summed E-state index contributed by atoms with van der Waals surface area (Å²) in [6.45, 7) is 0. The fraction of sp³-hybridized carbons (Fsp3) is 0.125. The molecule has 0 saturated carbocycles. The maximum Gasteiger partial charge on any atom is 0.317 e. The molecule has 0 aliphatic carbocycles. The molecule has 1 rings (SSSR count). The molecular weight excluding hydrogens is 258 g/mol.